The van der Waals surface area contributed by atoms with Crippen molar-refractivity contribution in [1.29, 1.82) is 0 Å². The van der Waals surface area contributed by atoms with E-state index < -0.39 is 0 Å². The third-order valence-electron chi connectivity index (χ3n) is 2.13. The predicted molar refractivity (Wildman–Crippen MR) is 66.3 cm³/mol. The van der Waals surface area contributed by atoms with Crippen LogP contribution < -0.4 is 0 Å². The van der Waals surface area contributed by atoms with Crippen molar-refractivity contribution in [2.75, 3.05) is 0 Å². The van der Waals surface area contributed by atoms with Crippen LogP contribution in [0.3, 0.4) is 0 Å². The Bertz CT molecular complexity index is 645. The monoisotopic (exact) mass is 269 g/mol. The lowest BCUT2D eigenvalue weighted by Crippen LogP contribution is -1.91. The quantitative estimate of drug-likeness (QED) is 0.630. The van der Waals surface area contributed by atoms with Crippen LogP contribution in [0.4, 0.5) is 0 Å². The van der Waals surface area contributed by atoms with E-state index in [1.807, 2.05) is 23.6 Å². The molecular weight excluding hydrogens is 265 g/mol. The van der Waals surface area contributed by atoms with Crippen molar-refractivity contribution in [1.82, 2.24) is 14.6 Å². The summed E-state index contributed by atoms with van der Waals surface area (Å²) in [7, 11) is 0. The van der Waals surface area contributed by atoms with Crippen molar-refractivity contribution >= 4 is 40.2 Å². The molecule has 3 aromatic rings. The molecule has 0 aliphatic carbocycles. The van der Waals surface area contributed by atoms with Gasteiger partial charge in [0.1, 0.15) is 16.0 Å². The van der Waals surface area contributed by atoms with Gasteiger partial charge < -0.3 is 0 Å². The molecule has 0 saturated carbocycles. The summed E-state index contributed by atoms with van der Waals surface area (Å²) in [5.41, 5.74) is 1.51. The third kappa shape index (κ3) is 1.59. The molecule has 0 aliphatic heterocycles. The highest BCUT2D eigenvalue weighted by Crippen LogP contribution is 2.26. The summed E-state index contributed by atoms with van der Waals surface area (Å²) in [4.78, 5) is 5.23. The van der Waals surface area contributed by atoms with Gasteiger partial charge in [-0.3, -0.25) is 0 Å². The lowest BCUT2D eigenvalue weighted by Gasteiger charge is -1.95. The number of rotatable bonds is 1. The van der Waals surface area contributed by atoms with Crippen molar-refractivity contribution in [3.05, 3.63) is 40.0 Å². The van der Waals surface area contributed by atoms with Crippen LogP contribution in [0.15, 0.2) is 29.6 Å². The first kappa shape index (κ1) is 10.1. The number of hydrogen-bond acceptors (Lipinski definition) is 3. The van der Waals surface area contributed by atoms with Crippen LogP contribution in [0.1, 0.15) is 0 Å². The van der Waals surface area contributed by atoms with Gasteiger partial charge in [-0.05, 0) is 11.4 Å². The van der Waals surface area contributed by atoms with Crippen molar-refractivity contribution in [3.63, 3.8) is 0 Å². The first-order chi connectivity index (χ1) is 7.74. The van der Waals surface area contributed by atoms with Gasteiger partial charge in [-0.25, -0.2) is 9.50 Å². The maximum Gasteiger partial charge on any atom is 0.159 e. The fourth-order valence-electron chi connectivity index (χ4n) is 1.45. The first-order valence-electron chi connectivity index (χ1n) is 4.50. The molecule has 3 aromatic heterocycles. The SMILES string of the molecule is Clc1cc(Cl)n2nc(-c3cccs3)cc2n1. The van der Waals surface area contributed by atoms with Crippen molar-refractivity contribution in [3.8, 4) is 10.6 Å². The first-order valence-corrected chi connectivity index (χ1v) is 6.13. The van der Waals surface area contributed by atoms with E-state index in [2.05, 4.69) is 10.1 Å². The standard InChI is InChI=1S/C10H5Cl2N3S/c11-8-5-9(12)15-10(13-8)4-6(14-15)7-2-1-3-16-7/h1-5H. The average Bonchev–Trinajstić information content (AvgIpc) is 2.82. The maximum absolute atomic E-state index is 6.02. The summed E-state index contributed by atoms with van der Waals surface area (Å²) in [6.45, 7) is 0. The van der Waals surface area contributed by atoms with E-state index in [0.29, 0.717) is 16.0 Å². The molecule has 0 saturated heterocycles. The van der Waals surface area contributed by atoms with Crippen molar-refractivity contribution < 1.29 is 0 Å². The number of fused-ring (bicyclic) bond motifs is 1. The van der Waals surface area contributed by atoms with Crippen LogP contribution in [-0.4, -0.2) is 14.6 Å². The Labute approximate surface area is 105 Å². The van der Waals surface area contributed by atoms with Crippen LogP contribution in [0.2, 0.25) is 10.3 Å². The second kappa shape index (κ2) is 3.73. The minimum atomic E-state index is 0.370. The molecule has 0 bridgehead atoms. The minimum absolute atomic E-state index is 0.370. The van der Waals surface area contributed by atoms with Crippen LogP contribution in [0.25, 0.3) is 16.2 Å². The highest BCUT2D eigenvalue weighted by Gasteiger charge is 2.09. The van der Waals surface area contributed by atoms with Gasteiger partial charge in [0.25, 0.3) is 0 Å². The molecule has 0 aromatic carbocycles. The van der Waals surface area contributed by atoms with E-state index in [4.69, 9.17) is 23.2 Å². The van der Waals surface area contributed by atoms with Gasteiger partial charge in [-0.15, -0.1) is 11.3 Å². The number of hydrogen-bond donors (Lipinski definition) is 0. The zero-order chi connectivity index (χ0) is 11.1. The number of nitrogens with zero attached hydrogens (tertiary/aromatic N) is 3. The number of aromatic nitrogens is 3. The molecule has 3 rings (SSSR count). The highest BCUT2D eigenvalue weighted by atomic mass is 35.5. The minimum Gasteiger partial charge on any atom is -0.217 e. The Kier molecular flexibility index (Phi) is 2.35. The van der Waals surface area contributed by atoms with Gasteiger partial charge >= 0.3 is 0 Å². The van der Waals surface area contributed by atoms with E-state index in [9.17, 15) is 0 Å². The highest BCUT2D eigenvalue weighted by molar-refractivity contribution is 7.13. The van der Waals surface area contributed by atoms with E-state index >= 15 is 0 Å². The van der Waals surface area contributed by atoms with Crippen molar-refractivity contribution in [2.24, 2.45) is 0 Å². The molecule has 0 amide bonds. The summed E-state index contributed by atoms with van der Waals surface area (Å²) in [6, 6.07) is 7.42. The Hall–Kier alpha value is -1.10. The van der Waals surface area contributed by atoms with Crippen molar-refractivity contribution in [2.45, 2.75) is 0 Å². The molecular formula is C10H5Cl2N3S. The van der Waals surface area contributed by atoms with E-state index in [1.165, 1.54) is 0 Å². The molecule has 16 heavy (non-hydrogen) atoms. The van der Waals surface area contributed by atoms with Gasteiger partial charge in [0.15, 0.2) is 5.65 Å². The second-order valence-corrected chi connectivity index (χ2v) is 4.90. The molecule has 0 N–H and O–H groups in total. The fourth-order valence-corrected chi connectivity index (χ4v) is 2.61. The van der Waals surface area contributed by atoms with E-state index in [0.717, 1.165) is 10.6 Å². The van der Waals surface area contributed by atoms with E-state index in [1.54, 1.807) is 21.9 Å². The smallest absolute Gasteiger partial charge is 0.159 e. The molecule has 0 atom stereocenters. The molecule has 0 aliphatic rings. The van der Waals surface area contributed by atoms with Crippen LogP contribution in [0, 0.1) is 0 Å². The number of halogens is 2. The summed E-state index contributed by atoms with van der Waals surface area (Å²) in [6.07, 6.45) is 0. The predicted octanol–water partition coefficient (Wildman–Crippen LogP) is 3.76. The van der Waals surface area contributed by atoms with Gasteiger partial charge in [-0.1, -0.05) is 29.3 Å². The fraction of sp³-hybridized carbons (Fsp3) is 0. The topological polar surface area (TPSA) is 30.2 Å². The lowest BCUT2D eigenvalue weighted by atomic mass is 10.3. The van der Waals surface area contributed by atoms with Gasteiger partial charge in [0.05, 0.1) is 4.88 Å². The summed E-state index contributed by atoms with van der Waals surface area (Å²) in [5.74, 6) is 0. The summed E-state index contributed by atoms with van der Waals surface area (Å²) in [5, 5.41) is 7.20. The van der Waals surface area contributed by atoms with Crippen LogP contribution >= 0.6 is 34.5 Å². The molecule has 0 fully saturated rings. The molecule has 0 radical (unpaired) electrons. The maximum atomic E-state index is 6.02. The molecule has 0 spiro atoms. The second-order valence-electron chi connectivity index (χ2n) is 3.18. The molecule has 6 heteroatoms. The molecule has 3 nitrogen and oxygen atoms in total. The molecule has 0 unspecified atom stereocenters. The zero-order valence-electron chi connectivity index (χ0n) is 7.89. The normalized spacial score (nSPS) is 11.1. The zero-order valence-corrected chi connectivity index (χ0v) is 10.2. The largest absolute Gasteiger partial charge is 0.217 e. The summed E-state index contributed by atoms with van der Waals surface area (Å²) < 4.78 is 1.57. The number of thiophene rings is 1. The Morgan fingerprint density at radius 3 is 2.88 bits per heavy atom. The van der Waals surface area contributed by atoms with Gasteiger partial charge in [-0.2, -0.15) is 5.10 Å². The Morgan fingerprint density at radius 2 is 2.12 bits per heavy atom. The van der Waals surface area contributed by atoms with Gasteiger partial charge in [0.2, 0.25) is 0 Å². The summed E-state index contributed by atoms with van der Waals surface area (Å²) >= 11 is 13.5. The lowest BCUT2D eigenvalue weighted by molar-refractivity contribution is 0.945. The molecule has 80 valence electrons. The molecule has 3 heterocycles. The van der Waals surface area contributed by atoms with Crippen LogP contribution in [-0.2, 0) is 0 Å². The Balaban J connectivity index is 2.27. The van der Waals surface area contributed by atoms with Gasteiger partial charge in [0, 0.05) is 12.1 Å². The third-order valence-corrected chi connectivity index (χ3v) is 3.48. The Morgan fingerprint density at radius 1 is 1.25 bits per heavy atom. The average molecular weight is 270 g/mol. The van der Waals surface area contributed by atoms with E-state index in [-0.39, 0.29) is 0 Å². The van der Waals surface area contributed by atoms with Crippen LogP contribution in [0.5, 0.6) is 0 Å².